The molecule has 2 aliphatic rings. The third-order valence-electron chi connectivity index (χ3n) is 7.62. The Kier molecular flexibility index (Phi) is 5.81. The summed E-state index contributed by atoms with van der Waals surface area (Å²) in [6.07, 6.45) is 3.84. The van der Waals surface area contributed by atoms with Gasteiger partial charge in [0.25, 0.3) is 0 Å². The zero-order valence-electron chi connectivity index (χ0n) is 20.8. The minimum absolute atomic E-state index is 0.202. The van der Waals surface area contributed by atoms with Gasteiger partial charge in [0.1, 0.15) is 6.61 Å². The number of para-hydroxylation sites is 1. The zero-order chi connectivity index (χ0) is 25.7. The number of hydrogen-bond donors (Lipinski definition) is 0. The zero-order valence-corrected chi connectivity index (χ0v) is 21.6. The summed E-state index contributed by atoms with van der Waals surface area (Å²) >= 11 is 0. The van der Waals surface area contributed by atoms with Crippen molar-refractivity contribution < 1.29 is 22.7 Å². The van der Waals surface area contributed by atoms with Crippen molar-refractivity contribution in [2.75, 3.05) is 19.9 Å². The van der Waals surface area contributed by atoms with Crippen molar-refractivity contribution >= 4 is 27.2 Å². The van der Waals surface area contributed by atoms with E-state index in [4.69, 9.17) is 9.47 Å². The highest BCUT2D eigenvalue weighted by Gasteiger charge is 2.36. The van der Waals surface area contributed by atoms with Gasteiger partial charge in [-0.05, 0) is 65.4 Å². The Labute approximate surface area is 216 Å². The van der Waals surface area contributed by atoms with E-state index in [1.54, 1.807) is 35.9 Å². The van der Waals surface area contributed by atoms with E-state index in [0.717, 1.165) is 54.5 Å². The third-order valence-corrected chi connectivity index (χ3v) is 8.75. The summed E-state index contributed by atoms with van der Waals surface area (Å²) in [5, 5.41) is 1.14. The van der Waals surface area contributed by atoms with Crippen LogP contribution >= 0.6 is 0 Å². The van der Waals surface area contributed by atoms with Crippen LogP contribution in [-0.2, 0) is 40.6 Å². The molecule has 0 saturated carbocycles. The van der Waals surface area contributed by atoms with Crippen LogP contribution in [0.3, 0.4) is 0 Å². The van der Waals surface area contributed by atoms with Crippen molar-refractivity contribution in [3.05, 3.63) is 88.6 Å². The van der Waals surface area contributed by atoms with E-state index in [-0.39, 0.29) is 6.04 Å². The fourth-order valence-electron chi connectivity index (χ4n) is 5.75. The minimum atomic E-state index is -3.23. The van der Waals surface area contributed by atoms with Crippen LogP contribution in [0.4, 0.5) is 0 Å². The monoisotopic (exact) mass is 516 g/mol. The highest BCUT2D eigenvalue weighted by atomic mass is 32.2. The number of aromatic nitrogens is 1. The summed E-state index contributed by atoms with van der Waals surface area (Å²) in [4.78, 5) is 14.7. The molecule has 2 aliphatic heterocycles. The van der Waals surface area contributed by atoms with Crippen LogP contribution in [0.25, 0.3) is 10.9 Å². The maximum absolute atomic E-state index is 11.9. The average Bonchev–Trinajstić information content (AvgIpc) is 3.22. The fraction of sp³-hybridized carbons (Fsp3) is 0.276. The Bertz CT molecular complexity index is 1620. The van der Waals surface area contributed by atoms with Crippen molar-refractivity contribution in [1.82, 2.24) is 9.47 Å². The summed E-state index contributed by atoms with van der Waals surface area (Å²) in [7, 11) is -1.59. The van der Waals surface area contributed by atoms with Crippen LogP contribution in [0.1, 0.15) is 34.0 Å². The topological polar surface area (TPSA) is 77.8 Å². The molecule has 0 amide bonds. The van der Waals surface area contributed by atoms with Gasteiger partial charge in [-0.3, -0.25) is 14.3 Å². The first-order chi connectivity index (χ1) is 17.9. The lowest BCUT2D eigenvalue weighted by atomic mass is 9.85. The van der Waals surface area contributed by atoms with Gasteiger partial charge in [0.2, 0.25) is 6.41 Å². The number of nitrogens with zero attached hydrogens (tertiary/aromatic N) is 2. The molecule has 1 aromatic heterocycles. The van der Waals surface area contributed by atoms with E-state index < -0.39 is 9.84 Å². The maximum atomic E-state index is 11.9. The van der Waals surface area contributed by atoms with E-state index >= 15 is 0 Å². The van der Waals surface area contributed by atoms with Gasteiger partial charge >= 0.3 is 0 Å². The molecular formula is C29H28N2O5S. The fourth-order valence-corrected chi connectivity index (χ4v) is 6.38. The molecule has 3 heterocycles. The molecule has 0 radical (unpaired) electrons. The summed E-state index contributed by atoms with van der Waals surface area (Å²) < 4.78 is 37.1. The molecule has 0 bridgehead atoms. The molecular weight excluding hydrogens is 488 g/mol. The number of fused-ring (bicyclic) bond motifs is 6. The second-order valence-corrected chi connectivity index (χ2v) is 11.8. The first kappa shape index (κ1) is 23.8. The summed E-state index contributed by atoms with van der Waals surface area (Å²) in [5.41, 5.74) is 6.66. The van der Waals surface area contributed by atoms with E-state index in [1.807, 2.05) is 18.2 Å². The van der Waals surface area contributed by atoms with Gasteiger partial charge in [0.15, 0.2) is 21.3 Å². The van der Waals surface area contributed by atoms with E-state index in [9.17, 15) is 13.2 Å². The van der Waals surface area contributed by atoms with Crippen LogP contribution < -0.4 is 9.47 Å². The summed E-state index contributed by atoms with van der Waals surface area (Å²) in [5.74, 6) is 1.35. The minimum Gasteiger partial charge on any atom is -0.493 e. The first-order valence-corrected chi connectivity index (χ1v) is 14.2. The summed E-state index contributed by atoms with van der Waals surface area (Å²) in [6.45, 7) is 1.94. The standard InChI is InChI=1S/C29H28N2O5S/c1-35-28-15-23-20(13-29(28)36-17-19-7-9-21(10-8-19)37(2,33)34)11-12-30-16-27-24(14-26(23)30)22-5-3-4-6-25(22)31(27)18-32/h3-10,13,15,18,26H,11-12,14,16-17H2,1-2H3. The molecule has 190 valence electrons. The van der Waals surface area contributed by atoms with Gasteiger partial charge in [0, 0.05) is 36.5 Å². The predicted octanol–water partition coefficient (Wildman–Crippen LogP) is 4.33. The predicted molar refractivity (Wildman–Crippen MR) is 142 cm³/mol. The molecule has 3 aromatic carbocycles. The largest absolute Gasteiger partial charge is 0.493 e. The van der Waals surface area contributed by atoms with E-state index in [2.05, 4.69) is 23.1 Å². The molecule has 0 N–H and O–H groups in total. The number of carbonyl (C=O) groups excluding carboxylic acids is 1. The SMILES string of the molecule is COc1cc2c(cc1OCc1ccc(S(C)(=O)=O)cc1)CCN1Cc3c(c4ccccc4n3C=O)CC21. The van der Waals surface area contributed by atoms with E-state index in [1.165, 1.54) is 22.9 Å². The molecule has 8 heteroatoms. The van der Waals surface area contributed by atoms with E-state index in [0.29, 0.717) is 23.0 Å². The Hall–Kier alpha value is -3.62. The van der Waals surface area contributed by atoms with Gasteiger partial charge in [-0.2, -0.15) is 0 Å². The van der Waals surface area contributed by atoms with Crippen molar-refractivity contribution in [2.24, 2.45) is 0 Å². The molecule has 0 saturated heterocycles. The van der Waals surface area contributed by atoms with Crippen molar-refractivity contribution in [1.29, 1.82) is 0 Å². The number of sulfone groups is 1. The molecule has 7 nitrogen and oxygen atoms in total. The van der Waals surface area contributed by atoms with Crippen LogP contribution in [0.5, 0.6) is 11.5 Å². The lowest BCUT2D eigenvalue weighted by Gasteiger charge is -2.41. The van der Waals surface area contributed by atoms with Crippen LogP contribution in [0.15, 0.2) is 65.6 Å². The first-order valence-electron chi connectivity index (χ1n) is 12.3. The van der Waals surface area contributed by atoms with Gasteiger partial charge in [-0.1, -0.05) is 30.3 Å². The number of benzene rings is 3. The molecule has 1 atom stereocenters. The Morgan fingerprint density at radius 2 is 1.84 bits per heavy atom. The molecule has 37 heavy (non-hydrogen) atoms. The molecule has 0 fully saturated rings. The normalized spacial score (nSPS) is 17.1. The van der Waals surface area contributed by atoms with Gasteiger partial charge in [-0.25, -0.2) is 8.42 Å². The van der Waals surface area contributed by atoms with Crippen molar-refractivity contribution in [2.45, 2.75) is 36.9 Å². The number of ether oxygens (including phenoxy) is 2. The van der Waals surface area contributed by atoms with Gasteiger partial charge < -0.3 is 9.47 Å². The number of rotatable bonds is 6. The maximum Gasteiger partial charge on any atom is 0.218 e. The number of methoxy groups -OCH3 is 1. The van der Waals surface area contributed by atoms with Crippen molar-refractivity contribution in [3.63, 3.8) is 0 Å². The summed E-state index contributed by atoms with van der Waals surface area (Å²) in [6, 6.07) is 19.3. The molecule has 0 aliphatic carbocycles. The number of hydrogen-bond acceptors (Lipinski definition) is 6. The Morgan fingerprint density at radius 1 is 1.05 bits per heavy atom. The van der Waals surface area contributed by atoms with Crippen LogP contribution in [-0.4, -0.2) is 44.2 Å². The van der Waals surface area contributed by atoms with Crippen LogP contribution in [0.2, 0.25) is 0 Å². The molecule has 4 aromatic rings. The molecule has 1 unspecified atom stereocenters. The molecule has 0 spiro atoms. The smallest absolute Gasteiger partial charge is 0.218 e. The second kappa shape index (κ2) is 9.04. The highest BCUT2D eigenvalue weighted by Crippen LogP contribution is 2.44. The van der Waals surface area contributed by atoms with Crippen molar-refractivity contribution in [3.8, 4) is 11.5 Å². The Morgan fingerprint density at radius 3 is 2.57 bits per heavy atom. The van der Waals surface area contributed by atoms with Gasteiger partial charge in [0.05, 0.1) is 17.5 Å². The number of carbonyl (C=O) groups is 1. The van der Waals surface area contributed by atoms with Crippen LogP contribution in [0, 0.1) is 0 Å². The van der Waals surface area contributed by atoms with Gasteiger partial charge in [-0.15, -0.1) is 0 Å². The second-order valence-electron chi connectivity index (χ2n) is 9.76. The highest BCUT2D eigenvalue weighted by molar-refractivity contribution is 7.90. The third kappa shape index (κ3) is 4.10. The lowest BCUT2D eigenvalue weighted by molar-refractivity contribution is 0.157. The molecule has 6 rings (SSSR count). The lowest BCUT2D eigenvalue weighted by Crippen LogP contribution is -2.39. The average molecular weight is 517 g/mol. The quantitative estimate of drug-likeness (QED) is 0.355. The Balaban J connectivity index is 1.30.